The molecule has 5 heteroatoms. The van der Waals surface area contributed by atoms with Crippen LogP contribution in [0, 0.1) is 5.82 Å². The van der Waals surface area contributed by atoms with Crippen LogP contribution in [0.2, 0.25) is 0 Å². The second-order valence-corrected chi connectivity index (χ2v) is 6.52. The molecule has 2 aromatic carbocycles. The number of halogens is 1. The molecule has 0 aliphatic rings. The topological polar surface area (TPSA) is 42.7 Å². The van der Waals surface area contributed by atoms with Crippen LogP contribution in [0.15, 0.2) is 71.1 Å². The number of furan rings is 1. The Morgan fingerprint density at radius 1 is 1.04 bits per heavy atom. The standard InChI is InChI=1S/C22H22FNO3/c1-16(2)24(14-17-6-4-3-5-7-17)22(25)21-13-12-20(27-21)15-26-19-10-8-18(23)9-11-19/h3-13,16H,14-15H2,1-2H3. The highest BCUT2D eigenvalue weighted by molar-refractivity contribution is 5.91. The summed E-state index contributed by atoms with van der Waals surface area (Å²) in [5.41, 5.74) is 1.06. The first kappa shape index (κ1) is 18.7. The van der Waals surface area contributed by atoms with E-state index in [1.165, 1.54) is 12.1 Å². The number of ether oxygens (including phenoxy) is 1. The van der Waals surface area contributed by atoms with Gasteiger partial charge in [0.15, 0.2) is 5.76 Å². The van der Waals surface area contributed by atoms with Gasteiger partial charge in [-0.05, 0) is 55.8 Å². The molecule has 0 unspecified atom stereocenters. The molecular formula is C22H22FNO3. The molecule has 0 saturated carbocycles. The highest BCUT2D eigenvalue weighted by atomic mass is 19.1. The average Bonchev–Trinajstić information content (AvgIpc) is 3.15. The van der Waals surface area contributed by atoms with Crippen molar-refractivity contribution < 1.29 is 18.3 Å². The van der Waals surface area contributed by atoms with E-state index in [2.05, 4.69) is 0 Å². The van der Waals surface area contributed by atoms with Crippen LogP contribution in [0.25, 0.3) is 0 Å². The lowest BCUT2D eigenvalue weighted by molar-refractivity contribution is 0.0653. The zero-order chi connectivity index (χ0) is 19.2. The van der Waals surface area contributed by atoms with Crippen LogP contribution in [0.1, 0.15) is 35.7 Å². The van der Waals surface area contributed by atoms with Gasteiger partial charge in [-0.3, -0.25) is 4.79 Å². The van der Waals surface area contributed by atoms with Crippen molar-refractivity contribution in [2.45, 2.75) is 33.0 Å². The molecule has 0 aliphatic carbocycles. The Bertz CT molecular complexity index is 872. The second kappa shape index (κ2) is 8.54. The van der Waals surface area contributed by atoms with E-state index in [0.717, 1.165) is 5.56 Å². The van der Waals surface area contributed by atoms with Gasteiger partial charge in [-0.25, -0.2) is 4.39 Å². The quantitative estimate of drug-likeness (QED) is 0.587. The SMILES string of the molecule is CC(C)N(Cc1ccccc1)C(=O)c1ccc(COc2ccc(F)cc2)o1. The number of benzene rings is 2. The predicted octanol–water partition coefficient (Wildman–Crippen LogP) is 5.05. The van der Waals surface area contributed by atoms with E-state index in [-0.39, 0.29) is 30.1 Å². The Morgan fingerprint density at radius 3 is 2.41 bits per heavy atom. The third-order valence-corrected chi connectivity index (χ3v) is 4.15. The Labute approximate surface area is 158 Å². The first-order valence-corrected chi connectivity index (χ1v) is 8.85. The lowest BCUT2D eigenvalue weighted by Gasteiger charge is -2.26. The number of nitrogens with zero attached hydrogens (tertiary/aromatic N) is 1. The van der Waals surface area contributed by atoms with Gasteiger partial charge in [-0.15, -0.1) is 0 Å². The van der Waals surface area contributed by atoms with Gasteiger partial charge in [-0.2, -0.15) is 0 Å². The van der Waals surface area contributed by atoms with Crippen molar-refractivity contribution in [2.75, 3.05) is 0 Å². The molecule has 3 rings (SSSR count). The fourth-order valence-electron chi connectivity index (χ4n) is 2.67. The second-order valence-electron chi connectivity index (χ2n) is 6.52. The van der Waals surface area contributed by atoms with E-state index in [1.54, 1.807) is 29.2 Å². The summed E-state index contributed by atoms with van der Waals surface area (Å²) in [7, 11) is 0. The van der Waals surface area contributed by atoms with Crippen molar-refractivity contribution in [3.05, 3.63) is 89.6 Å². The van der Waals surface area contributed by atoms with Crippen LogP contribution in [0.4, 0.5) is 4.39 Å². The third kappa shape index (κ3) is 4.97. The highest BCUT2D eigenvalue weighted by Crippen LogP contribution is 2.18. The van der Waals surface area contributed by atoms with E-state index < -0.39 is 0 Å². The summed E-state index contributed by atoms with van der Waals surface area (Å²) >= 11 is 0. The van der Waals surface area contributed by atoms with Crippen molar-refractivity contribution in [3.8, 4) is 5.75 Å². The van der Waals surface area contributed by atoms with Crippen LogP contribution >= 0.6 is 0 Å². The molecule has 0 fully saturated rings. The molecule has 1 heterocycles. The molecule has 0 spiro atoms. The van der Waals surface area contributed by atoms with E-state index in [0.29, 0.717) is 18.1 Å². The van der Waals surface area contributed by atoms with Gasteiger partial charge in [0.2, 0.25) is 0 Å². The van der Waals surface area contributed by atoms with Gasteiger partial charge < -0.3 is 14.1 Å². The van der Waals surface area contributed by atoms with E-state index in [4.69, 9.17) is 9.15 Å². The molecule has 0 aliphatic heterocycles. The summed E-state index contributed by atoms with van der Waals surface area (Å²) in [6.07, 6.45) is 0. The molecule has 0 atom stereocenters. The molecule has 1 amide bonds. The van der Waals surface area contributed by atoms with Crippen molar-refractivity contribution in [3.63, 3.8) is 0 Å². The smallest absolute Gasteiger partial charge is 0.290 e. The lowest BCUT2D eigenvalue weighted by atomic mass is 10.2. The third-order valence-electron chi connectivity index (χ3n) is 4.15. The van der Waals surface area contributed by atoms with E-state index in [9.17, 15) is 9.18 Å². The number of carbonyl (C=O) groups excluding carboxylic acids is 1. The number of hydrogen-bond acceptors (Lipinski definition) is 3. The van der Waals surface area contributed by atoms with E-state index >= 15 is 0 Å². The molecule has 0 bridgehead atoms. The first-order chi connectivity index (χ1) is 13.0. The van der Waals surface area contributed by atoms with Crippen LogP contribution in [-0.2, 0) is 13.2 Å². The number of amides is 1. The van der Waals surface area contributed by atoms with Gasteiger partial charge in [-0.1, -0.05) is 30.3 Å². The summed E-state index contributed by atoms with van der Waals surface area (Å²) in [6.45, 7) is 4.63. The highest BCUT2D eigenvalue weighted by Gasteiger charge is 2.22. The molecule has 0 N–H and O–H groups in total. The van der Waals surface area contributed by atoms with Crippen LogP contribution in [0.3, 0.4) is 0 Å². The minimum Gasteiger partial charge on any atom is -0.486 e. The summed E-state index contributed by atoms with van der Waals surface area (Å²) in [6, 6.07) is 19.0. The van der Waals surface area contributed by atoms with Gasteiger partial charge in [0.1, 0.15) is 23.9 Å². The van der Waals surface area contributed by atoms with Gasteiger partial charge >= 0.3 is 0 Å². The first-order valence-electron chi connectivity index (χ1n) is 8.85. The summed E-state index contributed by atoms with van der Waals surface area (Å²) in [5.74, 6) is 0.860. The minimum atomic E-state index is -0.319. The maximum atomic E-state index is 12.9. The Hall–Kier alpha value is -3.08. The van der Waals surface area contributed by atoms with E-state index in [1.807, 2.05) is 44.2 Å². The largest absolute Gasteiger partial charge is 0.486 e. The molecule has 140 valence electrons. The Kier molecular flexibility index (Phi) is 5.91. The predicted molar refractivity (Wildman–Crippen MR) is 101 cm³/mol. The normalized spacial score (nSPS) is 10.8. The molecule has 3 aromatic rings. The summed E-state index contributed by atoms with van der Waals surface area (Å²) in [5, 5.41) is 0. The van der Waals surface area contributed by atoms with Crippen LogP contribution in [0.5, 0.6) is 5.75 Å². The number of carbonyl (C=O) groups is 1. The van der Waals surface area contributed by atoms with Gasteiger partial charge in [0.05, 0.1) is 0 Å². The fourth-order valence-corrected chi connectivity index (χ4v) is 2.67. The maximum Gasteiger partial charge on any atom is 0.290 e. The van der Waals surface area contributed by atoms with Crippen molar-refractivity contribution in [1.82, 2.24) is 4.90 Å². The maximum absolute atomic E-state index is 12.9. The Morgan fingerprint density at radius 2 is 1.74 bits per heavy atom. The minimum absolute atomic E-state index is 0.0294. The van der Waals surface area contributed by atoms with Crippen molar-refractivity contribution in [1.29, 1.82) is 0 Å². The molecule has 1 aromatic heterocycles. The van der Waals surface area contributed by atoms with Crippen molar-refractivity contribution >= 4 is 5.91 Å². The summed E-state index contributed by atoms with van der Waals surface area (Å²) < 4.78 is 24.2. The zero-order valence-electron chi connectivity index (χ0n) is 15.4. The average molecular weight is 367 g/mol. The van der Waals surface area contributed by atoms with Crippen LogP contribution < -0.4 is 4.74 Å². The molecule has 4 nitrogen and oxygen atoms in total. The molecule has 0 saturated heterocycles. The van der Waals surface area contributed by atoms with Crippen molar-refractivity contribution in [2.24, 2.45) is 0 Å². The molecule has 0 radical (unpaired) electrons. The Balaban J connectivity index is 1.66. The number of rotatable bonds is 7. The monoisotopic (exact) mass is 367 g/mol. The number of hydrogen-bond donors (Lipinski definition) is 0. The van der Waals surface area contributed by atoms with Gasteiger partial charge in [0, 0.05) is 12.6 Å². The zero-order valence-corrected chi connectivity index (χ0v) is 15.4. The lowest BCUT2D eigenvalue weighted by Crippen LogP contribution is -2.36. The fraction of sp³-hybridized carbons (Fsp3) is 0.227. The molecule has 27 heavy (non-hydrogen) atoms. The van der Waals surface area contributed by atoms with Crippen LogP contribution in [-0.4, -0.2) is 16.8 Å². The van der Waals surface area contributed by atoms with Gasteiger partial charge in [0.25, 0.3) is 5.91 Å². The summed E-state index contributed by atoms with van der Waals surface area (Å²) in [4.78, 5) is 14.6. The molecular weight excluding hydrogens is 345 g/mol.